The van der Waals surface area contributed by atoms with Gasteiger partial charge in [0.15, 0.2) is 0 Å². The largest absolute Gasteiger partial charge is 0.0654 e. The minimum atomic E-state index is 1.37. The Bertz CT molecular complexity index is 1170. The van der Waals surface area contributed by atoms with Gasteiger partial charge in [0.05, 0.1) is 0 Å². The smallest absolute Gasteiger partial charge is 0.0533 e. The Labute approximate surface area is 626 Å². The topological polar surface area (TPSA) is 0 Å². The molecule has 0 aromatic heterocycles. The fourth-order valence-corrected chi connectivity index (χ4v) is 16.8. The molecule has 0 radical (unpaired) electrons. The van der Waals surface area contributed by atoms with Crippen LogP contribution in [0.2, 0.25) is 0 Å². The third-order valence-electron chi connectivity index (χ3n) is 24.0. The van der Waals surface area contributed by atoms with Crippen molar-refractivity contribution in [3.63, 3.8) is 0 Å². The molecule has 0 nitrogen and oxygen atoms in total. The zero-order chi connectivity index (χ0) is 69.9. The second-order valence-electron chi connectivity index (χ2n) is 34.2. The monoisotopic (exact) mass is 1380 g/mol. The van der Waals surface area contributed by atoms with Crippen molar-refractivity contribution in [1.29, 1.82) is 0 Å². The van der Waals surface area contributed by atoms with E-state index in [2.05, 4.69) is 13.8 Å². The standard InChI is InChI=1S/C98H198/c1-3-5-7-9-11-13-15-17-19-21-23-25-27-29-31-33-35-37-39-41-43-45-47-49-51-53-55-57-59-61-63-65-67-69-71-73-75-77-79-81-83-85-87-89-91-93-95-97-98-96-94-92-90-88-86-84-82-80-78-76-74-72-70-68-66-64-62-60-58-56-54-52-50-48-46-44-42-40-38-36-34-32-30-28-26-24-22-20-18-16-14-12-10-8-6-4-2/h3-98H2,1-2H3. The van der Waals surface area contributed by atoms with E-state index in [-0.39, 0.29) is 0 Å². The van der Waals surface area contributed by atoms with E-state index < -0.39 is 0 Å². The number of hydrogen-bond acceptors (Lipinski definition) is 0. The SMILES string of the molecule is CCCCCCCCCCCCCCCCCCCCCCCCCCCCCCCCCCCCCCCCCCCCCCCCCCCCCCCCCCCCCCCCCCCCCCCCCCCCCCCCCCCCCCCCCCCCCCCCCC. The lowest BCUT2D eigenvalue weighted by molar-refractivity contribution is 0.505. The predicted molar refractivity (Wildman–Crippen MR) is 455 cm³/mol. The molecule has 0 aliphatic carbocycles. The highest BCUT2D eigenvalue weighted by Gasteiger charge is 2.04. The summed E-state index contributed by atoms with van der Waals surface area (Å²) in [6.45, 7) is 4.63. The number of rotatable bonds is 95. The summed E-state index contributed by atoms with van der Waals surface area (Å²) in [4.78, 5) is 0. The summed E-state index contributed by atoms with van der Waals surface area (Å²) < 4.78 is 0. The van der Waals surface area contributed by atoms with Crippen molar-refractivity contribution in [2.75, 3.05) is 0 Å². The lowest BCUT2D eigenvalue weighted by Gasteiger charge is -2.05. The van der Waals surface area contributed by atoms with Gasteiger partial charge in [0.2, 0.25) is 0 Å². The summed E-state index contributed by atoms with van der Waals surface area (Å²) >= 11 is 0. The van der Waals surface area contributed by atoms with Gasteiger partial charge in [0.25, 0.3) is 0 Å². The Morgan fingerprint density at radius 2 is 0.0816 bits per heavy atom. The molecule has 0 atom stereocenters. The van der Waals surface area contributed by atoms with Crippen LogP contribution in [0.5, 0.6) is 0 Å². The first-order chi connectivity index (χ1) is 48.9. The molecule has 0 fully saturated rings. The van der Waals surface area contributed by atoms with E-state index in [0.717, 1.165) is 0 Å². The molecule has 0 spiro atoms. The third-order valence-corrected chi connectivity index (χ3v) is 24.0. The summed E-state index contributed by atoms with van der Waals surface area (Å²) in [5, 5.41) is 0. The Kier molecular flexibility index (Phi) is 97.0. The fourth-order valence-electron chi connectivity index (χ4n) is 16.8. The molecule has 0 heteroatoms. The molecule has 0 saturated carbocycles. The van der Waals surface area contributed by atoms with Gasteiger partial charge < -0.3 is 0 Å². The van der Waals surface area contributed by atoms with Gasteiger partial charge >= 0.3 is 0 Å². The van der Waals surface area contributed by atoms with E-state index in [4.69, 9.17) is 0 Å². The molecule has 0 aromatic rings. The average molecular weight is 1380 g/mol. The molecule has 0 rings (SSSR count). The van der Waals surface area contributed by atoms with Crippen LogP contribution in [0.4, 0.5) is 0 Å². The lowest BCUT2D eigenvalue weighted by Crippen LogP contribution is -1.85. The molecule has 590 valence electrons. The van der Waals surface area contributed by atoms with Crippen LogP contribution in [-0.4, -0.2) is 0 Å². The van der Waals surface area contributed by atoms with E-state index in [1.54, 1.807) is 0 Å². The molecule has 0 N–H and O–H groups in total. The van der Waals surface area contributed by atoms with Gasteiger partial charge in [-0.1, -0.05) is 630 Å². The summed E-state index contributed by atoms with van der Waals surface area (Å²) in [6.07, 6.45) is 143. The van der Waals surface area contributed by atoms with E-state index in [0.29, 0.717) is 0 Å². The molecule has 0 saturated heterocycles. The van der Waals surface area contributed by atoms with E-state index in [1.165, 1.54) is 616 Å². The Morgan fingerprint density at radius 3 is 0.112 bits per heavy atom. The maximum absolute atomic E-state index is 2.32. The van der Waals surface area contributed by atoms with Crippen molar-refractivity contribution in [3.8, 4) is 0 Å². The average Bonchev–Trinajstić information content (AvgIpc) is 3.63. The second kappa shape index (κ2) is 97.0. The van der Waals surface area contributed by atoms with Crippen molar-refractivity contribution in [2.24, 2.45) is 0 Å². The van der Waals surface area contributed by atoms with Crippen LogP contribution in [-0.2, 0) is 0 Å². The zero-order valence-electron chi connectivity index (χ0n) is 69.9. The van der Waals surface area contributed by atoms with Crippen molar-refractivity contribution < 1.29 is 0 Å². The summed E-state index contributed by atoms with van der Waals surface area (Å²) in [7, 11) is 0. The van der Waals surface area contributed by atoms with E-state index in [1.807, 2.05) is 0 Å². The van der Waals surface area contributed by atoms with Crippen molar-refractivity contribution in [3.05, 3.63) is 0 Å². The van der Waals surface area contributed by atoms with Crippen LogP contribution in [0.3, 0.4) is 0 Å². The maximum atomic E-state index is 2.32. The Balaban J connectivity index is 3.09. The van der Waals surface area contributed by atoms with Crippen LogP contribution in [0.25, 0.3) is 0 Å². The molecule has 0 aromatic carbocycles. The minimum Gasteiger partial charge on any atom is -0.0654 e. The third kappa shape index (κ3) is 96.0. The highest BCUT2D eigenvalue weighted by Crippen LogP contribution is 2.23. The highest BCUT2D eigenvalue weighted by molar-refractivity contribution is 4.59. The predicted octanol–water partition coefficient (Wildman–Crippen LogP) is 38.5. The van der Waals surface area contributed by atoms with Crippen molar-refractivity contribution in [2.45, 2.75) is 630 Å². The summed E-state index contributed by atoms with van der Waals surface area (Å²) in [6, 6.07) is 0. The second-order valence-corrected chi connectivity index (χ2v) is 34.2. The van der Waals surface area contributed by atoms with Crippen LogP contribution < -0.4 is 0 Å². The van der Waals surface area contributed by atoms with Gasteiger partial charge in [-0.05, 0) is 0 Å². The molecular weight excluding hydrogens is 1180 g/mol. The first kappa shape index (κ1) is 98.0. The first-order valence-corrected chi connectivity index (χ1v) is 48.9. The molecule has 0 aliphatic heterocycles. The Hall–Kier alpha value is 0. The van der Waals surface area contributed by atoms with Gasteiger partial charge in [-0.15, -0.1) is 0 Å². The minimum absolute atomic E-state index is 1.37. The van der Waals surface area contributed by atoms with Crippen LogP contribution in [0, 0.1) is 0 Å². The fraction of sp³-hybridized carbons (Fsp3) is 1.00. The lowest BCUT2D eigenvalue weighted by atomic mass is 10.0. The van der Waals surface area contributed by atoms with Gasteiger partial charge in [-0.25, -0.2) is 0 Å². The quantitative estimate of drug-likeness (QED) is 0.0533. The van der Waals surface area contributed by atoms with Crippen LogP contribution >= 0.6 is 0 Å². The maximum Gasteiger partial charge on any atom is -0.0533 e. The van der Waals surface area contributed by atoms with Crippen molar-refractivity contribution >= 4 is 0 Å². The normalized spacial score (nSPS) is 11.8. The van der Waals surface area contributed by atoms with Gasteiger partial charge in [0, 0.05) is 0 Å². The van der Waals surface area contributed by atoms with Crippen LogP contribution in [0.15, 0.2) is 0 Å². The molecule has 0 heterocycles. The Morgan fingerprint density at radius 1 is 0.0510 bits per heavy atom. The molecule has 0 unspecified atom stereocenters. The molecule has 0 aliphatic rings. The molecule has 0 bridgehead atoms. The number of hydrogen-bond donors (Lipinski definition) is 0. The molecule has 0 amide bonds. The summed E-state index contributed by atoms with van der Waals surface area (Å²) in [5.74, 6) is 0. The number of unbranched alkanes of at least 4 members (excludes halogenated alkanes) is 95. The van der Waals surface area contributed by atoms with Crippen LogP contribution in [0.1, 0.15) is 630 Å². The summed E-state index contributed by atoms with van der Waals surface area (Å²) in [5.41, 5.74) is 0. The van der Waals surface area contributed by atoms with E-state index >= 15 is 0 Å². The first-order valence-electron chi connectivity index (χ1n) is 48.9. The highest BCUT2D eigenvalue weighted by atomic mass is 14.1. The van der Waals surface area contributed by atoms with E-state index in [9.17, 15) is 0 Å². The van der Waals surface area contributed by atoms with Gasteiger partial charge in [-0.3, -0.25) is 0 Å². The zero-order valence-corrected chi connectivity index (χ0v) is 69.9. The molecular formula is C98H198. The van der Waals surface area contributed by atoms with Crippen molar-refractivity contribution in [1.82, 2.24) is 0 Å². The molecule has 98 heavy (non-hydrogen) atoms. The van der Waals surface area contributed by atoms with Gasteiger partial charge in [0.1, 0.15) is 0 Å². The van der Waals surface area contributed by atoms with Gasteiger partial charge in [-0.2, -0.15) is 0 Å².